The van der Waals surface area contributed by atoms with Crippen molar-refractivity contribution in [3.8, 4) is 5.75 Å². The van der Waals surface area contributed by atoms with E-state index in [9.17, 15) is 5.11 Å². The number of hydrogen-bond acceptors (Lipinski definition) is 3. The maximum atomic E-state index is 10.1. The number of pyridine rings is 1. The SMILES string of the molecule is NC(c1ccncc1)c1c(O)ccc2ccccc12. The molecule has 0 amide bonds. The Hall–Kier alpha value is -2.39. The zero-order valence-corrected chi connectivity index (χ0v) is 10.3. The number of nitrogens with two attached hydrogens (primary N) is 1. The lowest BCUT2D eigenvalue weighted by Gasteiger charge is -2.16. The number of aromatic nitrogens is 1. The van der Waals surface area contributed by atoms with Crippen molar-refractivity contribution >= 4 is 10.8 Å². The molecule has 0 aliphatic heterocycles. The highest BCUT2D eigenvalue weighted by Gasteiger charge is 2.16. The van der Waals surface area contributed by atoms with Crippen molar-refractivity contribution in [1.82, 2.24) is 4.98 Å². The summed E-state index contributed by atoms with van der Waals surface area (Å²) >= 11 is 0. The van der Waals surface area contributed by atoms with Gasteiger partial charge in [0.1, 0.15) is 5.75 Å². The first-order valence-corrected chi connectivity index (χ1v) is 6.13. The minimum atomic E-state index is -0.367. The molecule has 94 valence electrons. The topological polar surface area (TPSA) is 59.1 Å². The fourth-order valence-corrected chi connectivity index (χ4v) is 2.35. The number of nitrogens with zero attached hydrogens (tertiary/aromatic N) is 1. The molecule has 0 saturated heterocycles. The third-order valence-corrected chi connectivity index (χ3v) is 3.32. The maximum Gasteiger partial charge on any atom is 0.121 e. The minimum absolute atomic E-state index is 0.225. The van der Waals surface area contributed by atoms with Gasteiger partial charge in [-0.15, -0.1) is 0 Å². The van der Waals surface area contributed by atoms with E-state index in [1.807, 2.05) is 42.5 Å². The van der Waals surface area contributed by atoms with Gasteiger partial charge in [0.05, 0.1) is 6.04 Å². The van der Waals surface area contributed by atoms with Gasteiger partial charge in [-0.3, -0.25) is 4.98 Å². The normalized spacial score (nSPS) is 12.5. The molecule has 1 heterocycles. The number of benzene rings is 2. The Labute approximate surface area is 111 Å². The van der Waals surface area contributed by atoms with Crippen LogP contribution in [0.5, 0.6) is 5.75 Å². The van der Waals surface area contributed by atoms with Gasteiger partial charge in [0, 0.05) is 18.0 Å². The quantitative estimate of drug-likeness (QED) is 0.735. The molecule has 3 rings (SSSR count). The number of phenols is 1. The Bertz CT molecular complexity index is 710. The molecule has 3 nitrogen and oxygen atoms in total. The molecular weight excluding hydrogens is 236 g/mol. The molecule has 19 heavy (non-hydrogen) atoms. The Morgan fingerprint density at radius 1 is 0.947 bits per heavy atom. The van der Waals surface area contributed by atoms with Crippen LogP contribution in [0, 0.1) is 0 Å². The van der Waals surface area contributed by atoms with Crippen LogP contribution in [0.2, 0.25) is 0 Å². The van der Waals surface area contributed by atoms with Crippen LogP contribution in [-0.2, 0) is 0 Å². The number of phenolic OH excluding ortho intramolecular Hbond substituents is 1. The van der Waals surface area contributed by atoms with Crippen molar-refractivity contribution in [3.63, 3.8) is 0 Å². The van der Waals surface area contributed by atoms with Crippen molar-refractivity contribution in [2.75, 3.05) is 0 Å². The number of hydrogen-bond donors (Lipinski definition) is 2. The van der Waals surface area contributed by atoms with Crippen molar-refractivity contribution in [1.29, 1.82) is 0 Å². The molecule has 0 fully saturated rings. The lowest BCUT2D eigenvalue weighted by molar-refractivity contribution is 0.466. The van der Waals surface area contributed by atoms with Gasteiger partial charge in [0.2, 0.25) is 0 Å². The molecule has 0 aliphatic carbocycles. The first-order valence-electron chi connectivity index (χ1n) is 6.13. The second-order valence-electron chi connectivity index (χ2n) is 4.48. The summed E-state index contributed by atoms with van der Waals surface area (Å²) in [5.41, 5.74) is 7.98. The van der Waals surface area contributed by atoms with Crippen LogP contribution in [-0.4, -0.2) is 10.1 Å². The standard InChI is InChI=1S/C16H14N2O/c17-16(12-7-9-18-10-8-12)15-13-4-2-1-3-11(13)5-6-14(15)19/h1-10,16,19H,17H2. The second-order valence-corrected chi connectivity index (χ2v) is 4.48. The maximum absolute atomic E-state index is 10.1. The zero-order chi connectivity index (χ0) is 13.2. The average molecular weight is 250 g/mol. The Balaban J connectivity index is 2.22. The lowest BCUT2D eigenvalue weighted by Crippen LogP contribution is -2.12. The van der Waals surface area contributed by atoms with E-state index in [4.69, 9.17) is 5.73 Å². The summed E-state index contributed by atoms with van der Waals surface area (Å²) in [5.74, 6) is 0.225. The summed E-state index contributed by atoms with van der Waals surface area (Å²) in [6.07, 6.45) is 3.41. The van der Waals surface area contributed by atoms with Crippen LogP contribution < -0.4 is 5.73 Å². The summed E-state index contributed by atoms with van der Waals surface area (Å²) in [6.45, 7) is 0. The molecular formula is C16H14N2O. The first kappa shape index (κ1) is 11.7. The summed E-state index contributed by atoms with van der Waals surface area (Å²) in [6, 6.07) is 14.9. The van der Waals surface area contributed by atoms with Crippen molar-refractivity contribution < 1.29 is 5.11 Å². The third kappa shape index (κ3) is 2.04. The van der Waals surface area contributed by atoms with Gasteiger partial charge < -0.3 is 10.8 Å². The summed E-state index contributed by atoms with van der Waals surface area (Å²) in [5, 5.41) is 12.2. The average Bonchev–Trinajstić information content (AvgIpc) is 2.47. The molecule has 0 bridgehead atoms. The van der Waals surface area contributed by atoms with Crippen LogP contribution in [0.4, 0.5) is 0 Å². The highest BCUT2D eigenvalue weighted by molar-refractivity contribution is 5.88. The minimum Gasteiger partial charge on any atom is -0.508 e. The molecule has 2 aromatic carbocycles. The van der Waals surface area contributed by atoms with E-state index >= 15 is 0 Å². The molecule has 3 N–H and O–H groups in total. The number of aromatic hydroxyl groups is 1. The molecule has 3 heteroatoms. The van der Waals surface area contributed by atoms with Gasteiger partial charge in [-0.2, -0.15) is 0 Å². The van der Waals surface area contributed by atoms with Crippen LogP contribution >= 0.6 is 0 Å². The van der Waals surface area contributed by atoms with E-state index < -0.39 is 0 Å². The molecule has 1 aromatic heterocycles. The van der Waals surface area contributed by atoms with Crippen LogP contribution in [0.25, 0.3) is 10.8 Å². The summed E-state index contributed by atoms with van der Waals surface area (Å²) < 4.78 is 0. The van der Waals surface area contributed by atoms with Gasteiger partial charge >= 0.3 is 0 Å². The smallest absolute Gasteiger partial charge is 0.121 e. The highest BCUT2D eigenvalue weighted by Crippen LogP contribution is 2.34. The Kier molecular flexibility index (Phi) is 2.89. The van der Waals surface area contributed by atoms with Crippen LogP contribution in [0.15, 0.2) is 60.9 Å². The van der Waals surface area contributed by atoms with Crippen LogP contribution in [0.1, 0.15) is 17.2 Å². The molecule has 0 aliphatic rings. The molecule has 1 unspecified atom stereocenters. The molecule has 0 radical (unpaired) electrons. The van der Waals surface area contributed by atoms with Gasteiger partial charge in [0.25, 0.3) is 0 Å². The summed E-state index contributed by atoms with van der Waals surface area (Å²) in [7, 11) is 0. The van der Waals surface area contributed by atoms with Crippen molar-refractivity contribution in [2.24, 2.45) is 5.73 Å². The highest BCUT2D eigenvalue weighted by atomic mass is 16.3. The fourth-order valence-electron chi connectivity index (χ4n) is 2.35. The van der Waals surface area contributed by atoms with Crippen molar-refractivity contribution in [2.45, 2.75) is 6.04 Å². The molecule has 1 atom stereocenters. The van der Waals surface area contributed by atoms with Gasteiger partial charge in [0.15, 0.2) is 0 Å². The predicted octanol–water partition coefficient (Wildman–Crippen LogP) is 2.99. The summed E-state index contributed by atoms with van der Waals surface area (Å²) in [4.78, 5) is 3.99. The van der Waals surface area contributed by atoms with Crippen molar-refractivity contribution in [3.05, 3.63) is 72.1 Å². The van der Waals surface area contributed by atoms with Gasteiger partial charge in [-0.25, -0.2) is 0 Å². The van der Waals surface area contributed by atoms with E-state index in [-0.39, 0.29) is 11.8 Å². The monoisotopic (exact) mass is 250 g/mol. The van der Waals surface area contributed by atoms with Crippen LogP contribution in [0.3, 0.4) is 0 Å². The number of rotatable bonds is 2. The third-order valence-electron chi connectivity index (χ3n) is 3.32. The van der Waals surface area contributed by atoms with E-state index in [1.54, 1.807) is 18.5 Å². The molecule has 0 saturated carbocycles. The second kappa shape index (κ2) is 4.71. The number of fused-ring (bicyclic) bond motifs is 1. The zero-order valence-electron chi connectivity index (χ0n) is 10.3. The predicted molar refractivity (Wildman–Crippen MR) is 75.9 cm³/mol. The Morgan fingerprint density at radius 3 is 2.47 bits per heavy atom. The Morgan fingerprint density at radius 2 is 1.68 bits per heavy atom. The van der Waals surface area contributed by atoms with E-state index in [2.05, 4.69) is 4.98 Å². The van der Waals surface area contributed by atoms with Gasteiger partial charge in [-0.1, -0.05) is 30.3 Å². The van der Waals surface area contributed by atoms with E-state index in [1.165, 1.54) is 0 Å². The fraction of sp³-hybridized carbons (Fsp3) is 0.0625. The van der Waals surface area contributed by atoms with Gasteiger partial charge in [-0.05, 0) is 34.5 Å². The van der Waals surface area contributed by atoms with E-state index in [0.29, 0.717) is 0 Å². The molecule has 3 aromatic rings. The largest absolute Gasteiger partial charge is 0.508 e. The lowest BCUT2D eigenvalue weighted by atomic mass is 9.94. The first-order chi connectivity index (χ1) is 9.27. The van der Waals surface area contributed by atoms with E-state index in [0.717, 1.165) is 21.9 Å². The molecule has 0 spiro atoms.